The van der Waals surface area contributed by atoms with Crippen molar-refractivity contribution in [3.63, 3.8) is 0 Å². The molecule has 1 atom stereocenters. The molecule has 1 aliphatic carbocycles. The Hall–Kier alpha value is -1.16. The molecule has 1 unspecified atom stereocenters. The average Bonchev–Trinajstić information content (AvgIpc) is 2.92. The first-order valence-electron chi connectivity index (χ1n) is 6.58. The minimum atomic E-state index is -0.00508. The molecule has 1 aromatic rings. The van der Waals surface area contributed by atoms with Crippen LogP contribution in [-0.2, 0) is 17.6 Å². The van der Waals surface area contributed by atoms with Gasteiger partial charge in [-0.25, -0.2) is 0 Å². The molecule has 0 radical (unpaired) electrons. The number of piperidine rings is 1. The highest BCUT2D eigenvalue weighted by atomic mass is 32.1. The second-order valence-electron chi connectivity index (χ2n) is 5.28. The molecular formula is C14H17NO2S. The topological polar surface area (TPSA) is 37.4 Å². The normalized spacial score (nSPS) is 23.3. The van der Waals surface area contributed by atoms with E-state index in [0.717, 1.165) is 17.7 Å². The maximum absolute atomic E-state index is 12.4. The van der Waals surface area contributed by atoms with Gasteiger partial charge in [0.2, 0.25) is 0 Å². The number of fused-ring (bicyclic) bond motifs is 1. The molecule has 2 aliphatic rings. The van der Waals surface area contributed by atoms with Crippen LogP contribution in [0.2, 0.25) is 0 Å². The lowest BCUT2D eigenvalue weighted by Crippen LogP contribution is -2.42. The highest BCUT2D eigenvalue weighted by Crippen LogP contribution is 2.31. The van der Waals surface area contributed by atoms with Crippen molar-refractivity contribution < 1.29 is 9.59 Å². The molecule has 1 aromatic heterocycles. The van der Waals surface area contributed by atoms with Crippen molar-refractivity contribution in [2.75, 3.05) is 13.1 Å². The summed E-state index contributed by atoms with van der Waals surface area (Å²) in [5.41, 5.74) is 1.37. The van der Waals surface area contributed by atoms with Gasteiger partial charge in [0, 0.05) is 30.3 Å². The molecule has 2 heterocycles. The summed E-state index contributed by atoms with van der Waals surface area (Å²) in [7, 11) is 0. The van der Waals surface area contributed by atoms with Crippen LogP contribution in [0.4, 0.5) is 0 Å². The standard InChI is InChI=1S/C14H17NO2S/c1-9-8-15(6-5-11(9)16)14(17)13-7-10-3-2-4-12(10)18-13/h7,9H,2-6,8H2,1H3. The SMILES string of the molecule is CC1CN(C(=O)c2cc3c(s2)CCC3)CCC1=O. The third-order valence-corrected chi connectivity index (χ3v) is 5.14. The summed E-state index contributed by atoms with van der Waals surface area (Å²) in [5.74, 6) is 0.399. The predicted molar refractivity (Wildman–Crippen MR) is 71.0 cm³/mol. The number of ketones is 1. The molecule has 0 N–H and O–H groups in total. The smallest absolute Gasteiger partial charge is 0.263 e. The highest BCUT2D eigenvalue weighted by Gasteiger charge is 2.29. The summed E-state index contributed by atoms with van der Waals surface area (Å²) in [6.07, 6.45) is 3.99. The number of carbonyl (C=O) groups excluding carboxylic acids is 2. The number of amides is 1. The van der Waals surface area contributed by atoms with E-state index in [2.05, 4.69) is 6.07 Å². The quantitative estimate of drug-likeness (QED) is 0.779. The van der Waals surface area contributed by atoms with E-state index in [4.69, 9.17) is 0 Å². The number of hydrogen-bond acceptors (Lipinski definition) is 3. The molecule has 3 nitrogen and oxygen atoms in total. The van der Waals surface area contributed by atoms with E-state index in [1.165, 1.54) is 16.9 Å². The van der Waals surface area contributed by atoms with Gasteiger partial charge in [-0.3, -0.25) is 9.59 Å². The van der Waals surface area contributed by atoms with Gasteiger partial charge in [-0.2, -0.15) is 0 Å². The maximum Gasteiger partial charge on any atom is 0.263 e. The Morgan fingerprint density at radius 2 is 2.22 bits per heavy atom. The van der Waals surface area contributed by atoms with E-state index in [9.17, 15) is 9.59 Å². The number of nitrogens with zero attached hydrogens (tertiary/aromatic N) is 1. The van der Waals surface area contributed by atoms with Crippen LogP contribution < -0.4 is 0 Å². The molecule has 1 saturated heterocycles. The minimum absolute atomic E-state index is 0.00508. The van der Waals surface area contributed by atoms with Gasteiger partial charge in [0.05, 0.1) is 4.88 Å². The van der Waals surface area contributed by atoms with Gasteiger partial charge in [0.15, 0.2) is 0 Å². The zero-order chi connectivity index (χ0) is 12.7. The van der Waals surface area contributed by atoms with Crippen LogP contribution in [0.25, 0.3) is 0 Å². The first kappa shape index (κ1) is 11.9. The van der Waals surface area contributed by atoms with E-state index in [0.29, 0.717) is 19.5 Å². The van der Waals surface area contributed by atoms with Gasteiger partial charge in [-0.1, -0.05) is 6.92 Å². The van der Waals surface area contributed by atoms with Gasteiger partial charge in [-0.15, -0.1) is 11.3 Å². The van der Waals surface area contributed by atoms with Crippen molar-refractivity contribution in [2.24, 2.45) is 5.92 Å². The Morgan fingerprint density at radius 3 is 2.94 bits per heavy atom. The summed E-state index contributed by atoms with van der Waals surface area (Å²) in [5, 5.41) is 0. The lowest BCUT2D eigenvalue weighted by molar-refractivity contribution is -0.124. The van der Waals surface area contributed by atoms with Crippen LogP contribution in [0.5, 0.6) is 0 Å². The summed E-state index contributed by atoms with van der Waals surface area (Å²) >= 11 is 1.65. The van der Waals surface area contributed by atoms with Crippen molar-refractivity contribution >= 4 is 23.0 Å². The number of thiophene rings is 1. The Kier molecular flexibility index (Phi) is 2.98. The number of Topliss-reactive ketones (excluding diaryl/α,β-unsaturated/α-hetero) is 1. The lowest BCUT2D eigenvalue weighted by atomic mass is 9.98. The van der Waals surface area contributed by atoms with Crippen LogP contribution in [0.1, 0.15) is 39.9 Å². The van der Waals surface area contributed by atoms with Crippen molar-refractivity contribution in [3.05, 3.63) is 21.4 Å². The van der Waals surface area contributed by atoms with Gasteiger partial charge in [0.25, 0.3) is 5.91 Å². The van der Waals surface area contributed by atoms with E-state index in [-0.39, 0.29) is 17.6 Å². The molecule has 0 spiro atoms. The average molecular weight is 263 g/mol. The highest BCUT2D eigenvalue weighted by molar-refractivity contribution is 7.14. The fraction of sp³-hybridized carbons (Fsp3) is 0.571. The molecular weight excluding hydrogens is 246 g/mol. The third kappa shape index (κ3) is 1.99. The monoisotopic (exact) mass is 263 g/mol. The summed E-state index contributed by atoms with van der Waals surface area (Å²) in [6, 6.07) is 2.07. The molecule has 1 amide bonds. The van der Waals surface area contributed by atoms with Crippen LogP contribution in [0.15, 0.2) is 6.07 Å². The largest absolute Gasteiger partial charge is 0.337 e. The van der Waals surface area contributed by atoms with Crippen LogP contribution in [-0.4, -0.2) is 29.7 Å². The van der Waals surface area contributed by atoms with E-state index < -0.39 is 0 Å². The zero-order valence-electron chi connectivity index (χ0n) is 10.6. The Morgan fingerprint density at radius 1 is 1.39 bits per heavy atom. The van der Waals surface area contributed by atoms with Crippen LogP contribution in [0.3, 0.4) is 0 Å². The fourth-order valence-corrected chi connectivity index (χ4v) is 4.01. The molecule has 1 aliphatic heterocycles. The number of aryl methyl sites for hydroxylation is 2. The molecule has 0 aromatic carbocycles. The summed E-state index contributed by atoms with van der Waals surface area (Å²) < 4.78 is 0. The molecule has 3 rings (SSSR count). The van der Waals surface area contributed by atoms with E-state index in [1.807, 2.05) is 11.8 Å². The van der Waals surface area contributed by atoms with Crippen LogP contribution in [0, 0.1) is 5.92 Å². The lowest BCUT2D eigenvalue weighted by Gasteiger charge is -2.29. The second-order valence-corrected chi connectivity index (χ2v) is 6.42. The molecule has 1 fully saturated rings. The van der Waals surface area contributed by atoms with E-state index in [1.54, 1.807) is 11.3 Å². The molecule has 4 heteroatoms. The molecule has 96 valence electrons. The zero-order valence-corrected chi connectivity index (χ0v) is 11.4. The predicted octanol–water partition coefficient (Wildman–Crippen LogP) is 2.29. The van der Waals surface area contributed by atoms with Crippen molar-refractivity contribution in [1.29, 1.82) is 0 Å². The number of carbonyl (C=O) groups is 2. The van der Waals surface area contributed by atoms with Crippen LogP contribution >= 0.6 is 11.3 Å². The van der Waals surface area contributed by atoms with Gasteiger partial charge in [-0.05, 0) is 30.9 Å². The minimum Gasteiger partial charge on any atom is -0.337 e. The first-order valence-corrected chi connectivity index (χ1v) is 7.40. The maximum atomic E-state index is 12.4. The number of likely N-dealkylation sites (tertiary alicyclic amines) is 1. The Balaban J connectivity index is 1.76. The van der Waals surface area contributed by atoms with Gasteiger partial charge < -0.3 is 4.90 Å². The molecule has 18 heavy (non-hydrogen) atoms. The second kappa shape index (κ2) is 4.50. The molecule has 0 bridgehead atoms. The summed E-state index contributed by atoms with van der Waals surface area (Å²) in [4.78, 5) is 28.0. The third-order valence-electron chi connectivity index (χ3n) is 3.92. The van der Waals surface area contributed by atoms with Crippen molar-refractivity contribution in [1.82, 2.24) is 4.90 Å². The number of hydrogen-bond donors (Lipinski definition) is 0. The van der Waals surface area contributed by atoms with Gasteiger partial charge in [0.1, 0.15) is 5.78 Å². The number of rotatable bonds is 1. The van der Waals surface area contributed by atoms with Crippen molar-refractivity contribution in [3.8, 4) is 0 Å². The summed E-state index contributed by atoms with van der Waals surface area (Å²) in [6.45, 7) is 3.08. The fourth-order valence-electron chi connectivity index (χ4n) is 2.79. The van der Waals surface area contributed by atoms with Gasteiger partial charge >= 0.3 is 0 Å². The molecule has 0 saturated carbocycles. The van der Waals surface area contributed by atoms with E-state index >= 15 is 0 Å². The van der Waals surface area contributed by atoms with Crippen molar-refractivity contribution in [2.45, 2.75) is 32.6 Å². The first-order chi connectivity index (χ1) is 8.65. The Bertz CT molecular complexity index is 484. The Labute approximate surface area is 111 Å².